The highest BCUT2D eigenvalue weighted by Crippen LogP contribution is 2.27. The molecule has 0 aromatic heterocycles. The maximum atomic E-state index is 14.0. The highest BCUT2D eigenvalue weighted by Gasteiger charge is 2.34. The third kappa shape index (κ3) is 7.91. The number of carbonyl (C=O) groups is 2. The van der Waals surface area contributed by atoms with Crippen LogP contribution < -0.4 is 9.62 Å². The minimum Gasteiger partial charge on any atom is -0.352 e. The van der Waals surface area contributed by atoms with Crippen LogP contribution in [0.2, 0.25) is 15.1 Å². The van der Waals surface area contributed by atoms with Crippen LogP contribution in [0.5, 0.6) is 0 Å². The Morgan fingerprint density at radius 3 is 2.10 bits per heavy atom. The van der Waals surface area contributed by atoms with Crippen LogP contribution >= 0.6 is 34.8 Å². The smallest absolute Gasteiger partial charge is 0.264 e. The minimum atomic E-state index is -4.15. The molecular formula is C29H32Cl3N3O4S. The summed E-state index contributed by atoms with van der Waals surface area (Å²) >= 11 is 18.4. The fourth-order valence-corrected chi connectivity index (χ4v) is 5.93. The van der Waals surface area contributed by atoms with E-state index in [4.69, 9.17) is 34.8 Å². The van der Waals surface area contributed by atoms with Crippen molar-refractivity contribution in [2.45, 2.75) is 57.1 Å². The maximum absolute atomic E-state index is 14.0. The van der Waals surface area contributed by atoms with Crippen LogP contribution in [-0.4, -0.2) is 43.8 Å². The molecule has 0 fully saturated rings. The molecule has 3 aromatic rings. The van der Waals surface area contributed by atoms with E-state index in [9.17, 15) is 18.0 Å². The van der Waals surface area contributed by atoms with Gasteiger partial charge in [0.05, 0.1) is 20.6 Å². The van der Waals surface area contributed by atoms with Crippen molar-refractivity contribution in [3.05, 3.63) is 93.4 Å². The van der Waals surface area contributed by atoms with E-state index in [-0.39, 0.29) is 29.1 Å². The molecule has 0 spiro atoms. The molecule has 11 heteroatoms. The standard InChI is InChI=1S/C29H32Cl3N3O4S/c1-4-20(3)33-29(37)27(5-2)34(18-21-11-16-25(31)26(32)17-21)28(36)19-35(23-14-12-22(30)13-15-23)40(38,39)24-9-7-6-8-10-24/h6-17,20,27H,4-5,18-19H2,1-3H3,(H,33,37)/t20-,27+/m0/s1. The number of rotatable bonds is 12. The lowest BCUT2D eigenvalue weighted by Gasteiger charge is -2.33. The van der Waals surface area contributed by atoms with Crippen LogP contribution in [0.15, 0.2) is 77.7 Å². The number of nitrogens with one attached hydrogen (secondary N) is 1. The Bertz CT molecular complexity index is 1420. The zero-order chi connectivity index (χ0) is 29.4. The fourth-order valence-electron chi connectivity index (χ4n) is 4.05. The van der Waals surface area contributed by atoms with Crippen LogP contribution in [0, 0.1) is 0 Å². The first-order chi connectivity index (χ1) is 19.0. The Balaban J connectivity index is 2.06. The van der Waals surface area contributed by atoms with Crippen LogP contribution in [-0.2, 0) is 26.2 Å². The van der Waals surface area contributed by atoms with E-state index in [1.54, 1.807) is 55.5 Å². The van der Waals surface area contributed by atoms with E-state index in [2.05, 4.69) is 5.32 Å². The monoisotopic (exact) mass is 623 g/mol. The van der Waals surface area contributed by atoms with Gasteiger partial charge in [-0.05, 0) is 73.9 Å². The summed E-state index contributed by atoms with van der Waals surface area (Å²) < 4.78 is 28.6. The van der Waals surface area contributed by atoms with Crippen molar-refractivity contribution < 1.29 is 18.0 Å². The van der Waals surface area contributed by atoms with Gasteiger partial charge in [0.1, 0.15) is 12.6 Å². The van der Waals surface area contributed by atoms with Gasteiger partial charge in [0.2, 0.25) is 11.8 Å². The zero-order valence-corrected chi connectivity index (χ0v) is 25.6. The second-order valence-electron chi connectivity index (χ2n) is 9.31. The number of hydrogen-bond donors (Lipinski definition) is 1. The molecule has 0 saturated carbocycles. The Morgan fingerprint density at radius 2 is 1.52 bits per heavy atom. The predicted octanol–water partition coefficient (Wildman–Crippen LogP) is 6.56. The number of hydrogen-bond acceptors (Lipinski definition) is 4. The highest BCUT2D eigenvalue weighted by molar-refractivity contribution is 7.92. The molecule has 3 rings (SSSR count). The number of carbonyl (C=O) groups excluding carboxylic acids is 2. The van der Waals surface area contributed by atoms with E-state index in [1.807, 2.05) is 13.8 Å². The van der Waals surface area contributed by atoms with Crippen molar-refractivity contribution in [2.24, 2.45) is 0 Å². The number of amides is 2. The number of nitrogens with zero attached hydrogens (tertiary/aromatic N) is 2. The summed E-state index contributed by atoms with van der Waals surface area (Å²) in [4.78, 5) is 28.8. The third-order valence-electron chi connectivity index (χ3n) is 6.45. The molecule has 0 unspecified atom stereocenters. The SMILES string of the molecule is CC[C@H](C(=O)N[C@@H](C)CC)N(Cc1ccc(Cl)c(Cl)c1)C(=O)CN(c1ccc(Cl)cc1)S(=O)(=O)c1ccccc1. The second kappa shape index (κ2) is 14.2. The topological polar surface area (TPSA) is 86.8 Å². The van der Waals surface area contributed by atoms with Gasteiger partial charge in [0.25, 0.3) is 10.0 Å². The van der Waals surface area contributed by atoms with Crippen LogP contribution in [0.3, 0.4) is 0 Å². The van der Waals surface area contributed by atoms with Gasteiger partial charge < -0.3 is 10.2 Å². The summed E-state index contributed by atoms with van der Waals surface area (Å²) in [6.07, 6.45) is 1.02. The van der Waals surface area contributed by atoms with Gasteiger partial charge in [-0.2, -0.15) is 0 Å². The van der Waals surface area contributed by atoms with Crippen LogP contribution in [0.25, 0.3) is 0 Å². The van der Waals surface area contributed by atoms with Gasteiger partial charge in [-0.25, -0.2) is 8.42 Å². The summed E-state index contributed by atoms with van der Waals surface area (Å²) in [5.74, 6) is -0.888. The van der Waals surface area contributed by atoms with E-state index >= 15 is 0 Å². The molecule has 2 amide bonds. The molecule has 0 aliphatic heterocycles. The summed E-state index contributed by atoms with van der Waals surface area (Å²) in [7, 11) is -4.15. The van der Waals surface area contributed by atoms with Gasteiger partial charge in [0.15, 0.2) is 0 Å². The molecule has 0 saturated heterocycles. The van der Waals surface area contributed by atoms with Gasteiger partial charge in [-0.3, -0.25) is 13.9 Å². The van der Waals surface area contributed by atoms with Crippen molar-refractivity contribution in [1.82, 2.24) is 10.2 Å². The van der Waals surface area contributed by atoms with Crippen LogP contribution in [0.1, 0.15) is 39.2 Å². The molecule has 214 valence electrons. The lowest BCUT2D eigenvalue weighted by molar-refractivity contribution is -0.140. The van der Waals surface area contributed by atoms with Crippen molar-refractivity contribution in [2.75, 3.05) is 10.8 Å². The average molecular weight is 625 g/mol. The van der Waals surface area contributed by atoms with E-state index in [1.165, 1.54) is 29.2 Å². The van der Waals surface area contributed by atoms with E-state index < -0.39 is 28.5 Å². The first kappa shape index (κ1) is 31.7. The molecular weight excluding hydrogens is 593 g/mol. The van der Waals surface area contributed by atoms with Crippen molar-refractivity contribution in [3.8, 4) is 0 Å². The maximum Gasteiger partial charge on any atom is 0.264 e. The lowest BCUT2D eigenvalue weighted by atomic mass is 10.1. The first-order valence-corrected chi connectivity index (χ1v) is 15.4. The molecule has 40 heavy (non-hydrogen) atoms. The quantitative estimate of drug-likeness (QED) is 0.247. The third-order valence-corrected chi connectivity index (χ3v) is 9.23. The largest absolute Gasteiger partial charge is 0.352 e. The Kier molecular flexibility index (Phi) is 11.3. The average Bonchev–Trinajstić information content (AvgIpc) is 2.94. The molecule has 0 aliphatic rings. The van der Waals surface area contributed by atoms with Gasteiger partial charge in [-0.1, -0.05) is 72.9 Å². The van der Waals surface area contributed by atoms with Crippen LogP contribution in [0.4, 0.5) is 5.69 Å². The number of sulfonamides is 1. The first-order valence-electron chi connectivity index (χ1n) is 12.8. The summed E-state index contributed by atoms with van der Waals surface area (Å²) in [6.45, 7) is 5.09. The lowest BCUT2D eigenvalue weighted by Crippen LogP contribution is -2.53. The second-order valence-corrected chi connectivity index (χ2v) is 12.4. The Morgan fingerprint density at radius 1 is 0.875 bits per heavy atom. The molecule has 0 heterocycles. The van der Waals surface area contributed by atoms with Crippen molar-refractivity contribution in [1.29, 1.82) is 0 Å². The summed E-state index contributed by atoms with van der Waals surface area (Å²) in [6, 6.07) is 18.0. The predicted molar refractivity (Wildman–Crippen MR) is 161 cm³/mol. The minimum absolute atomic E-state index is 0.0159. The molecule has 0 bridgehead atoms. The van der Waals surface area contributed by atoms with E-state index in [0.717, 1.165) is 4.31 Å². The summed E-state index contributed by atoms with van der Waals surface area (Å²) in [5.41, 5.74) is 0.898. The Labute approximate surface area is 251 Å². The van der Waals surface area contributed by atoms with Crippen molar-refractivity contribution in [3.63, 3.8) is 0 Å². The van der Waals surface area contributed by atoms with Gasteiger partial charge in [-0.15, -0.1) is 0 Å². The van der Waals surface area contributed by atoms with Gasteiger partial charge >= 0.3 is 0 Å². The number of halogens is 3. The van der Waals surface area contributed by atoms with Crippen molar-refractivity contribution >= 4 is 62.3 Å². The number of anilines is 1. The normalized spacial score (nSPS) is 12.8. The fraction of sp³-hybridized carbons (Fsp3) is 0.310. The molecule has 0 radical (unpaired) electrons. The zero-order valence-electron chi connectivity index (χ0n) is 22.5. The van der Waals surface area contributed by atoms with Gasteiger partial charge in [0, 0.05) is 17.6 Å². The number of benzene rings is 3. The molecule has 3 aromatic carbocycles. The molecule has 7 nitrogen and oxygen atoms in total. The molecule has 0 aliphatic carbocycles. The highest BCUT2D eigenvalue weighted by atomic mass is 35.5. The molecule has 1 N–H and O–H groups in total. The summed E-state index contributed by atoms with van der Waals surface area (Å²) in [5, 5.41) is 4.02. The van der Waals surface area contributed by atoms with E-state index in [0.29, 0.717) is 33.5 Å². The Hall–Kier alpha value is -2.78. The molecule has 2 atom stereocenters.